The lowest BCUT2D eigenvalue weighted by atomic mass is 9.64. The molecule has 2 nitrogen and oxygen atoms in total. The Morgan fingerprint density at radius 3 is 2.40 bits per heavy atom. The minimum Gasteiger partial charge on any atom is -0.308 e. The van der Waals surface area contributed by atoms with Crippen molar-refractivity contribution < 1.29 is 0 Å². The molecule has 2 rings (SSSR count). The molecule has 0 bridgehead atoms. The standard InChI is InChI=1S/C17H30N2S/c1-12-10-16(5,6)8-9-17(12,18-7)14-19-13(11-20-14)15(2,3)4/h11-12,18H,8-10H2,1-7H3. The highest BCUT2D eigenvalue weighted by molar-refractivity contribution is 7.09. The van der Waals surface area contributed by atoms with Crippen LogP contribution < -0.4 is 5.32 Å². The van der Waals surface area contributed by atoms with Gasteiger partial charge in [0.2, 0.25) is 0 Å². The average Bonchev–Trinajstić information content (AvgIpc) is 2.78. The fourth-order valence-corrected chi connectivity index (χ4v) is 4.90. The molecular formula is C17H30N2S. The van der Waals surface area contributed by atoms with Crippen LogP contribution in [0.3, 0.4) is 0 Å². The molecule has 0 aromatic carbocycles. The van der Waals surface area contributed by atoms with Crippen molar-refractivity contribution in [3.05, 3.63) is 16.1 Å². The molecule has 0 amide bonds. The van der Waals surface area contributed by atoms with Crippen LogP contribution >= 0.6 is 11.3 Å². The molecule has 114 valence electrons. The molecular weight excluding hydrogens is 264 g/mol. The van der Waals surface area contributed by atoms with Crippen molar-refractivity contribution in [2.45, 2.75) is 71.8 Å². The first-order valence-corrected chi connectivity index (χ1v) is 8.64. The molecule has 1 saturated carbocycles. The summed E-state index contributed by atoms with van der Waals surface area (Å²) in [7, 11) is 2.10. The average molecular weight is 295 g/mol. The SMILES string of the molecule is CNC1(c2nc(C(C)(C)C)cs2)CCC(C)(C)CC1C. The van der Waals surface area contributed by atoms with Gasteiger partial charge in [-0.1, -0.05) is 41.5 Å². The third kappa shape index (κ3) is 2.80. The highest BCUT2D eigenvalue weighted by atomic mass is 32.1. The van der Waals surface area contributed by atoms with Gasteiger partial charge in [0, 0.05) is 10.8 Å². The summed E-state index contributed by atoms with van der Waals surface area (Å²) in [5.74, 6) is 0.621. The van der Waals surface area contributed by atoms with Crippen molar-refractivity contribution in [1.82, 2.24) is 10.3 Å². The summed E-state index contributed by atoms with van der Waals surface area (Å²) in [6, 6.07) is 0. The molecule has 0 saturated heterocycles. The molecule has 1 aromatic heterocycles. The predicted octanol–water partition coefficient (Wildman–Crippen LogP) is 4.70. The first kappa shape index (κ1) is 16.0. The number of nitrogens with one attached hydrogen (secondary N) is 1. The van der Waals surface area contributed by atoms with Crippen molar-refractivity contribution in [2.75, 3.05) is 7.05 Å². The lowest BCUT2D eigenvalue weighted by Gasteiger charge is -2.47. The van der Waals surface area contributed by atoms with Gasteiger partial charge in [-0.3, -0.25) is 0 Å². The molecule has 0 radical (unpaired) electrons. The van der Waals surface area contributed by atoms with Crippen LogP contribution in [0.4, 0.5) is 0 Å². The van der Waals surface area contributed by atoms with Crippen LogP contribution in [-0.2, 0) is 11.0 Å². The van der Waals surface area contributed by atoms with Crippen molar-refractivity contribution in [1.29, 1.82) is 0 Å². The summed E-state index contributed by atoms with van der Waals surface area (Å²) in [6.45, 7) is 13.9. The van der Waals surface area contributed by atoms with Crippen LogP contribution in [-0.4, -0.2) is 12.0 Å². The largest absolute Gasteiger partial charge is 0.308 e. The summed E-state index contributed by atoms with van der Waals surface area (Å²) < 4.78 is 0. The van der Waals surface area contributed by atoms with E-state index < -0.39 is 0 Å². The Morgan fingerprint density at radius 2 is 1.95 bits per heavy atom. The Hall–Kier alpha value is -0.410. The minimum absolute atomic E-state index is 0.0731. The summed E-state index contributed by atoms with van der Waals surface area (Å²) in [5, 5.41) is 7.17. The zero-order valence-electron chi connectivity index (χ0n) is 14.1. The maximum atomic E-state index is 5.00. The summed E-state index contributed by atoms with van der Waals surface area (Å²) in [4.78, 5) is 5.00. The normalized spacial score (nSPS) is 30.4. The second-order valence-electron chi connectivity index (χ2n) is 8.28. The first-order valence-electron chi connectivity index (χ1n) is 7.76. The van der Waals surface area contributed by atoms with Gasteiger partial charge in [-0.2, -0.15) is 0 Å². The molecule has 0 spiro atoms. The van der Waals surface area contributed by atoms with E-state index in [0.29, 0.717) is 11.3 Å². The van der Waals surface area contributed by atoms with Gasteiger partial charge in [-0.15, -0.1) is 11.3 Å². The van der Waals surface area contributed by atoms with Gasteiger partial charge in [-0.05, 0) is 37.6 Å². The molecule has 1 fully saturated rings. The van der Waals surface area contributed by atoms with E-state index in [1.54, 1.807) is 0 Å². The lowest BCUT2D eigenvalue weighted by Crippen LogP contribution is -2.50. The molecule has 20 heavy (non-hydrogen) atoms. The van der Waals surface area contributed by atoms with Gasteiger partial charge in [-0.25, -0.2) is 4.98 Å². The van der Waals surface area contributed by atoms with Crippen LogP contribution in [0.5, 0.6) is 0 Å². The molecule has 1 aliphatic carbocycles. The van der Waals surface area contributed by atoms with Gasteiger partial charge < -0.3 is 5.32 Å². The van der Waals surface area contributed by atoms with Crippen molar-refractivity contribution >= 4 is 11.3 Å². The third-order valence-electron chi connectivity index (χ3n) is 5.00. The Bertz CT molecular complexity index is 470. The maximum Gasteiger partial charge on any atom is 0.113 e. The Kier molecular flexibility index (Phi) is 4.07. The number of hydrogen-bond acceptors (Lipinski definition) is 3. The molecule has 2 unspecified atom stereocenters. The second kappa shape index (κ2) is 5.10. The predicted molar refractivity (Wildman–Crippen MR) is 88.3 cm³/mol. The van der Waals surface area contributed by atoms with Crippen molar-refractivity contribution in [2.24, 2.45) is 11.3 Å². The topological polar surface area (TPSA) is 24.9 Å². The van der Waals surface area contributed by atoms with E-state index in [1.807, 2.05) is 11.3 Å². The fraction of sp³-hybridized carbons (Fsp3) is 0.824. The highest BCUT2D eigenvalue weighted by Crippen LogP contribution is 2.49. The van der Waals surface area contributed by atoms with E-state index in [-0.39, 0.29) is 11.0 Å². The molecule has 3 heteroatoms. The molecule has 1 heterocycles. The summed E-state index contributed by atoms with van der Waals surface area (Å²) in [5.41, 5.74) is 1.90. The number of hydrogen-bond donors (Lipinski definition) is 1. The van der Waals surface area contributed by atoms with Crippen LogP contribution in [0.2, 0.25) is 0 Å². The second-order valence-corrected chi connectivity index (χ2v) is 9.14. The van der Waals surface area contributed by atoms with Crippen LogP contribution in [0.15, 0.2) is 5.38 Å². The zero-order chi connectivity index (χ0) is 15.2. The van der Waals surface area contributed by atoms with Crippen LogP contribution in [0.1, 0.15) is 71.5 Å². The maximum absolute atomic E-state index is 5.00. The van der Waals surface area contributed by atoms with Gasteiger partial charge in [0.1, 0.15) is 5.01 Å². The quantitative estimate of drug-likeness (QED) is 0.855. The molecule has 1 N–H and O–H groups in total. The van der Waals surface area contributed by atoms with Gasteiger partial charge in [0.25, 0.3) is 0 Å². The smallest absolute Gasteiger partial charge is 0.113 e. The van der Waals surface area contributed by atoms with E-state index in [1.165, 1.54) is 30.0 Å². The number of rotatable bonds is 2. The van der Waals surface area contributed by atoms with E-state index in [2.05, 4.69) is 59.3 Å². The number of thiazole rings is 1. The third-order valence-corrected chi connectivity index (χ3v) is 6.02. The van der Waals surface area contributed by atoms with E-state index in [9.17, 15) is 0 Å². The van der Waals surface area contributed by atoms with E-state index in [0.717, 1.165) is 0 Å². The lowest BCUT2D eigenvalue weighted by molar-refractivity contribution is 0.0773. The first-order chi connectivity index (χ1) is 9.11. The number of aromatic nitrogens is 1. The van der Waals surface area contributed by atoms with Crippen LogP contribution in [0, 0.1) is 11.3 Å². The Morgan fingerprint density at radius 1 is 1.30 bits per heavy atom. The van der Waals surface area contributed by atoms with Gasteiger partial charge in [0.05, 0.1) is 11.2 Å². The molecule has 0 aliphatic heterocycles. The van der Waals surface area contributed by atoms with Crippen molar-refractivity contribution in [3.8, 4) is 0 Å². The molecule has 2 atom stereocenters. The Balaban J connectivity index is 2.35. The zero-order valence-corrected chi connectivity index (χ0v) is 14.9. The molecule has 1 aliphatic rings. The minimum atomic E-state index is 0.0731. The summed E-state index contributed by atoms with van der Waals surface area (Å²) >= 11 is 1.84. The van der Waals surface area contributed by atoms with E-state index >= 15 is 0 Å². The van der Waals surface area contributed by atoms with Crippen molar-refractivity contribution in [3.63, 3.8) is 0 Å². The van der Waals surface area contributed by atoms with Crippen LogP contribution in [0.25, 0.3) is 0 Å². The van der Waals surface area contributed by atoms with Gasteiger partial charge >= 0.3 is 0 Å². The number of nitrogens with zero attached hydrogens (tertiary/aromatic N) is 1. The Labute approximate surface area is 128 Å². The fourth-order valence-electron chi connectivity index (χ4n) is 3.51. The highest BCUT2D eigenvalue weighted by Gasteiger charge is 2.46. The van der Waals surface area contributed by atoms with Gasteiger partial charge in [0.15, 0.2) is 0 Å². The molecule has 1 aromatic rings. The van der Waals surface area contributed by atoms with E-state index in [4.69, 9.17) is 4.98 Å². The monoisotopic (exact) mass is 294 g/mol. The summed E-state index contributed by atoms with van der Waals surface area (Å²) in [6.07, 6.45) is 3.72.